The third kappa shape index (κ3) is 6.98. The average Bonchev–Trinajstić information content (AvgIpc) is 3.25. The smallest absolute Gasteiger partial charge is 0.408 e. The van der Waals surface area contributed by atoms with Gasteiger partial charge in [0.15, 0.2) is 15.0 Å². The van der Waals surface area contributed by atoms with E-state index in [1.54, 1.807) is 43.9 Å². The second-order valence-corrected chi connectivity index (χ2v) is 14.1. The maximum atomic E-state index is 13.5. The summed E-state index contributed by atoms with van der Waals surface area (Å²) in [7, 11) is -3.26. The Labute approximate surface area is 230 Å². The number of sulfone groups is 1. The van der Waals surface area contributed by atoms with Crippen molar-refractivity contribution in [1.29, 1.82) is 0 Å². The number of halogens is 2. The molecule has 2 heterocycles. The van der Waals surface area contributed by atoms with Gasteiger partial charge >= 0.3 is 6.09 Å². The molecule has 1 N–H and O–H groups in total. The topological polar surface area (TPSA) is 105 Å². The first kappa shape index (κ1) is 27.8. The lowest BCUT2D eigenvalue weighted by Gasteiger charge is -2.26. The van der Waals surface area contributed by atoms with Crippen LogP contribution < -0.4 is 10.2 Å². The molecule has 0 spiro atoms. The number of aliphatic imine (C=N–C) groups is 1. The number of thioether (sulfide) groups is 1. The molecule has 0 bridgehead atoms. The molecule has 2 aromatic carbocycles. The van der Waals surface area contributed by atoms with Gasteiger partial charge in [-0.1, -0.05) is 65.3 Å². The molecule has 2 saturated heterocycles. The third-order valence-electron chi connectivity index (χ3n) is 5.71. The number of amides is 2. The second-order valence-electron chi connectivity index (χ2n) is 9.89. The van der Waals surface area contributed by atoms with Crippen molar-refractivity contribution in [3.8, 4) is 0 Å². The van der Waals surface area contributed by atoms with E-state index in [1.807, 2.05) is 30.3 Å². The fraction of sp³-hybridized carbons (Fsp3) is 0.400. The van der Waals surface area contributed by atoms with Crippen LogP contribution in [0, 0.1) is 0 Å². The van der Waals surface area contributed by atoms with Crippen LogP contribution in [0.15, 0.2) is 53.5 Å². The average molecular weight is 585 g/mol. The van der Waals surface area contributed by atoms with Crippen molar-refractivity contribution in [2.24, 2.45) is 4.99 Å². The fourth-order valence-corrected chi connectivity index (χ4v) is 8.48. The molecular weight excluding hydrogens is 557 g/mol. The van der Waals surface area contributed by atoms with Crippen LogP contribution in [0.25, 0.3) is 0 Å². The van der Waals surface area contributed by atoms with Gasteiger partial charge in [0.2, 0.25) is 0 Å². The van der Waals surface area contributed by atoms with E-state index in [1.165, 1.54) is 11.8 Å². The third-order valence-corrected chi connectivity index (χ3v) is 9.48. The van der Waals surface area contributed by atoms with Crippen molar-refractivity contribution in [3.05, 3.63) is 64.1 Å². The molecule has 37 heavy (non-hydrogen) atoms. The number of hydrogen-bond acceptors (Lipinski definition) is 6. The summed E-state index contributed by atoms with van der Waals surface area (Å²) < 4.78 is 30.1. The van der Waals surface area contributed by atoms with Crippen molar-refractivity contribution in [3.63, 3.8) is 0 Å². The van der Waals surface area contributed by atoms with Crippen molar-refractivity contribution in [2.45, 2.75) is 50.1 Å². The maximum absolute atomic E-state index is 13.5. The highest BCUT2D eigenvalue weighted by molar-refractivity contribution is 8.16. The number of hydrogen-bond donors (Lipinski definition) is 1. The van der Waals surface area contributed by atoms with E-state index in [-0.39, 0.29) is 23.2 Å². The number of carbonyl (C=O) groups is 2. The van der Waals surface area contributed by atoms with Crippen LogP contribution in [0.3, 0.4) is 0 Å². The number of ether oxygens (including phenoxy) is 1. The Balaban J connectivity index is 1.68. The van der Waals surface area contributed by atoms with Crippen molar-refractivity contribution >= 4 is 67.7 Å². The van der Waals surface area contributed by atoms with Gasteiger partial charge in [0.05, 0.1) is 28.3 Å². The zero-order chi connectivity index (χ0) is 27.0. The zero-order valence-electron chi connectivity index (χ0n) is 20.5. The van der Waals surface area contributed by atoms with E-state index in [2.05, 4.69) is 10.3 Å². The SMILES string of the molecule is CC(C)(C)OC(=O)N[C@@H](Cc1ccccc1)C(=O)N=C1S[C@H]2CS(=O)(=O)C[C@H]2N1c1cc(Cl)ccc1Cl. The zero-order valence-corrected chi connectivity index (χ0v) is 23.6. The number of fused-ring (bicyclic) bond motifs is 1. The minimum Gasteiger partial charge on any atom is -0.444 e. The van der Waals surface area contributed by atoms with Crippen LogP contribution in [0.1, 0.15) is 26.3 Å². The molecule has 0 saturated carbocycles. The summed E-state index contributed by atoms with van der Waals surface area (Å²) in [6.45, 7) is 5.19. The molecule has 2 aromatic rings. The molecule has 0 unspecified atom stereocenters. The molecule has 198 valence electrons. The largest absolute Gasteiger partial charge is 0.444 e. The van der Waals surface area contributed by atoms with Crippen molar-refractivity contribution in [1.82, 2.24) is 5.32 Å². The Bertz CT molecular complexity index is 1330. The van der Waals surface area contributed by atoms with Crippen LogP contribution in [0.2, 0.25) is 10.0 Å². The van der Waals surface area contributed by atoms with Gasteiger partial charge in [-0.15, -0.1) is 0 Å². The lowest BCUT2D eigenvalue weighted by molar-refractivity contribution is -0.119. The molecule has 12 heteroatoms. The molecule has 0 aromatic heterocycles. The molecule has 2 aliphatic rings. The predicted octanol–water partition coefficient (Wildman–Crippen LogP) is 4.73. The minimum absolute atomic E-state index is 0.0339. The van der Waals surface area contributed by atoms with Gasteiger partial charge in [-0.25, -0.2) is 13.2 Å². The Kier molecular flexibility index (Phi) is 8.13. The monoisotopic (exact) mass is 583 g/mol. The standard InChI is InChI=1S/C25H27Cl2N3O5S2/c1-25(2,3)35-24(32)28-18(11-15-7-5-4-6-8-15)22(31)29-23-30(19-12-16(26)9-10-17(19)27)20-13-37(33,34)14-21(20)36-23/h4-10,12,18,20-21H,11,13-14H2,1-3H3,(H,28,32)/t18-,20+,21-/m0/s1. The summed E-state index contributed by atoms with van der Waals surface area (Å²) in [4.78, 5) is 32.1. The lowest BCUT2D eigenvalue weighted by Crippen LogP contribution is -2.45. The van der Waals surface area contributed by atoms with Crippen LogP contribution >= 0.6 is 35.0 Å². The van der Waals surface area contributed by atoms with Gasteiger partial charge in [-0.05, 0) is 44.5 Å². The maximum Gasteiger partial charge on any atom is 0.408 e. The molecular formula is C25H27Cl2N3O5S2. The Morgan fingerprint density at radius 2 is 1.86 bits per heavy atom. The highest BCUT2D eigenvalue weighted by atomic mass is 35.5. The second kappa shape index (κ2) is 10.8. The van der Waals surface area contributed by atoms with Gasteiger partial charge in [-0.2, -0.15) is 4.99 Å². The fourth-order valence-electron chi connectivity index (χ4n) is 4.19. The number of amidine groups is 1. The molecule has 4 rings (SSSR count). The molecule has 2 fully saturated rings. The first-order valence-corrected chi connectivity index (χ1v) is 15.0. The summed E-state index contributed by atoms with van der Waals surface area (Å²) in [5, 5.41) is 3.39. The van der Waals surface area contributed by atoms with E-state index in [9.17, 15) is 18.0 Å². The molecule has 2 amide bonds. The number of nitrogens with one attached hydrogen (secondary N) is 1. The summed E-state index contributed by atoms with van der Waals surface area (Å²) in [5.41, 5.74) is 0.548. The van der Waals surface area contributed by atoms with Crippen LogP contribution in [-0.2, 0) is 25.8 Å². The van der Waals surface area contributed by atoms with E-state index < -0.39 is 39.5 Å². The number of rotatable bonds is 5. The summed E-state index contributed by atoms with van der Waals surface area (Å²) in [6, 6.07) is 12.6. The van der Waals surface area contributed by atoms with Gasteiger partial charge in [0, 0.05) is 16.7 Å². The highest BCUT2D eigenvalue weighted by Crippen LogP contribution is 2.43. The number of benzene rings is 2. The summed E-state index contributed by atoms with van der Waals surface area (Å²) in [6.07, 6.45) is -0.543. The van der Waals surface area contributed by atoms with E-state index in [0.29, 0.717) is 20.9 Å². The summed E-state index contributed by atoms with van der Waals surface area (Å²) >= 11 is 13.9. The number of anilines is 1. The highest BCUT2D eigenvalue weighted by Gasteiger charge is 2.50. The Morgan fingerprint density at radius 1 is 1.16 bits per heavy atom. The first-order valence-electron chi connectivity index (χ1n) is 11.6. The predicted molar refractivity (Wildman–Crippen MR) is 149 cm³/mol. The molecule has 0 radical (unpaired) electrons. The van der Waals surface area contributed by atoms with E-state index >= 15 is 0 Å². The quantitative estimate of drug-likeness (QED) is 0.542. The van der Waals surface area contributed by atoms with Gasteiger partial charge in [0.1, 0.15) is 11.6 Å². The van der Waals surface area contributed by atoms with Crippen LogP contribution in [-0.4, -0.2) is 60.0 Å². The number of nitrogens with zero attached hydrogens (tertiary/aromatic N) is 2. The van der Waals surface area contributed by atoms with Gasteiger partial charge < -0.3 is 15.0 Å². The first-order chi connectivity index (χ1) is 17.3. The number of alkyl carbamates (subject to hydrolysis) is 1. The lowest BCUT2D eigenvalue weighted by atomic mass is 10.1. The van der Waals surface area contributed by atoms with Crippen LogP contribution in [0.5, 0.6) is 0 Å². The minimum atomic E-state index is -3.26. The molecule has 0 aliphatic carbocycles. The van der Waals surface area contributed by atoms with E-state index in [0.717, 1.165) is 5.56 Å². The molecule has 2 aliphatic heterocycles. The molecule has 8 nitrogen and oxygen atoms in total. The van der Waals surface area contributed by atoms with Crippen LogP contribution in [0.4, 0.5) is 10.5 Å². The Morgan fingerprint density at radius 3 is 2.54 bits per heavy atom. The van der Waals surface area contributed by atoms with Crippen molar-refractivity contribution in [2.75, 3.05) is 16.4 Å². The Hall–Kier alpha value is -2.27. The summed E-state index contributed by atoms with van der Waals surface area (Å²) in [5.74, 6) is -0.721. The van der Waals surface area contributed by atoms with E-state index in [4.69, 9.17) is 27.9 Å². The number of carbonyl (C=O) groups excluding carboxylic acids is 2. The molecule has 3 atom stereocenters. The normalized spacial score (nSPS) is 22.5. The van der Waals surface area contributed by atoms with Gasteiger partial charge in [-0.3, -0.25) is 4.79 Å². The van der Waals surface area contributed by atoms with Gasteiger partial charge in [0.25, 0.3) is 5.91 Å². The van der Waals surface area contributed by atoms with Crippen molar-refractivity contribution < 1.29 is 22.7 Å².